The van der Waals surface area contributed by atoms with Crippen molar-refractivity contribution in [3.8, 4) is 0 Å². The minimum atomic E-state index is -5.31. The lowest BCUT2D eigenvalue weighted by atomic mass is 9.95. The highest BCUT2D eigenvalue weighted by molar-refractivity contribution is 4.94. The molecule has 80 heavy (non-hydrogen) atoms. The summed E-state index contributed by atoms with van der Waals surface area (Å²) in [6, 6.07) is 0. The second kappa shape index (κ2) is 33.9. The Kier molecular flexibility index (Phi) is 41.0. The molecule has 0 bridgehead atoms. The van der Waals surface area contributed by atoms with E-state index in [0.29, 0.717) is 62.5 Å². The van der Waals surface area contributed by atoms with E-state index in [1.165, 1.54) is 13.8 Å². The van der Waals surface area contributed by atoms with Crippen molar-refractivity contribution in [2.24, 2.45) is 11.8 Å². The van der Waals surface area contributed by atoms with Crippen LogP contribution < -0.4 is 0 Å². The third-order valence-electron chi connectivity index (χ3n) is 10.2. The summed E-state index contributed by atoms with van der Waals surface area (Å²) in [6.45, 7) is 12.0. The van der Waals surface area contributed by atoms with Crippen LogP contribution in [0, 0.1) is 11.8 Å². The van der Waals surface area contributed by atoms with Crippen molar-refractivity contribution in [2.75, 3.05) is 14.2 Å². The van der Waals surface area contributed by atoms with Crippen molar-refractivity contribution in [3.63, 3.8) is 0 Å². The summed E-state index contributed by atoms with van der Waals surface area (Å²) >= 11 is 0. The molecule has 0 aliphatic heterocycles. The first-order valence-corrected chi connectivity index (χ1v) is 21.9. The number of ether oxygens (including phenoxy) is 2. The van der Waals surface area contributed by atoms with Crippen LogP contribution in [-0.4, -0.2) is 142 Å². The van der Waals surface area contributed by atoms with Crippen molar-refractivity contribution in [1.82, 2.24) is 0 Å². The van der Waals surface area contributed by atoms with Gasteiger partial charge in [-0.2, -0.15) is 65.9 Å². The van der Waals surface area contributed by atoms with E-state index in [2.05, 4.69) is 9.47 Å². The second-order valence-corrected chi connectivity index (χ2v) is 18.2. The summed E-state index contributed by atoms with van der Waals surface area (Å²) in [6.07, 6.45) is -26.7. The predicted molar refractivity (Wildman–Crippen MR) is 230 cm³/mol. The van der Waals surface area contributed by atoms with Gasteiger partial charge < -0.3 is 29.9 Å². The molecule has 0 heterocycles. The molecule has 498 valence electrons. The number of hydrogen-bond acceptors (Lipinski definition) is 6. The minimum Gasteiger partial charge on any atom is -0.381 e. The van der Waals surface area contributed by atoms with Gasteiger partial charge in [0, 0.05) is 75.5 Å². The lowest BCUT2D eigenvalue weighted by molar-refractivity contribution is -0.327. The summed E-state index contributed by atoms with van der Waals surface area (Å²) in [5.41, 5.74) is -9.90. The van der Waals surface area contributed by atoms with Gasteiger partial charge in [0.1, 0.15) is 0 Å². The van der Waals surface area contributed by atoms with Gasteiger partial charge in [-0.3, -0.25) is 0 Å². The molecule has 0 saturated heterocycles. The molecule has 0 rings (SSSR count). The van der Waals surface area contributed by atoms with Gasteiger partial charge in [-0.15, -0.1) is 0 Å². The van der Waals surface area contributed by atoms with Crippen LogP contribution in [0.5, 0.6) is 0 Å². The maximum Gasteiger partial charge on any atom is 0.423 e. The van der Waals surface area contributed by atoms with Crippen LogP contribution in [-0.2, 0) is 9.47 Å². The number of aliphatic hydroxyl groups is 4. The Morgan fingerprint density at radius 3 is 0.613 bits per heavy atom. The molecular weight excluding hydrogens is 1200 g/mol. The van der Waals surface area contributed by atoms with Crippen LogP contribution in [0.3, 0.4) is 0 Å². The van der Waals surface area contributed by atoms with Crippen molar-refractivity contribution in [2.45, 2.75) is 251 Å². The quantitative estimate of drug-likeness (QED) is 0.154. The monoisotopic (exact) mass is 1270 g/mol. The zero-order chi connectivity index (χ0) is 68.8. The van der Waals surface area contributed by atoms with E-state index in [1.54, 1.807) is 6.92 Å². The van der Waals surface area contributed by atoms with Gasteiger partial charge in [-0.05, 0) is 48.0 Å². The van der Waals surface area contributed by atoms with E-state index in [1.807, 2.05) is 0 Å². The first-order valence-electron chi connectivity index (χ1n) is 21.9. The summed E-state index contributed by atoms with van der Waals surface area (Å²) in [5, 5.41) is 32.9. The Bertz CT molecular complexity index is 1450. The van der Waals surface area contributed by atoms with Crippen LogP contribution in [0.4, 0.5) is 136 Å². The van der Waals surface area contributed by atoms with Gasteiger partial charge in [-0.1, -0.05) is 34.6 Å². The van der Waals surface area contributed by atoms with E-state index in [-0.39, 0.29) is 40.0 Å². The molecule has 9 unspecified atom stereocenters. The molecule has 4 N–H and O–H groups in total. The van der Waals surface area contributed by atoms with Crippen LogP contribution in [0.1, 0.15) is 144 Å². The molecule has 0 saturated carbocycles. The molecular formula is C43H73F31O6. The fourth-order valence-electron chi connectivity index (χ4n) is 1.74. The molecule has 0 aromatic heterocycles. The minimum absolute atomic E-state index is 0.0144. The Hall–Kier alpha value is -2.41. The highest BCUT2D eigenvalue weighted by atomic mass is 19.4. The summed E-state index contributed by atoms with van der Waals surface area (Å²) in [4.78, 5) is 0. The van der Waals surface area contributed by atoms with Gasteiger partial charge in [0.05, 0.1) is 11.8 Å². The lowest BCUT2D eigenvalue weighted by Gasteiger charge is -2.35. The molecule has 0 radical (unpaired) electrons. The van der Waals surface area contributed by atoms with Crippen molar-refractivity contribution in [3.05, 3.63) is 0 Å². The van der Waals surface area contributed by atoms with Crippen LogP contribution >= 0.6 is 0 Å². The van der Waals surface area contributed by atoms with E-state index in [9.17, 15) is 136 Å². The number of rotatable bonds is 11. The van der Waals surface area contributed by atoms with Crippen molar-refractivity contribution < 1.29 is 166 Å². The Labute approximate surface area is 443 Å². The first kappa shape index (κ1) is 96.7. The van der Waals surface area contributed by atoms with Crippen molar-refractivity contribution in [1.29, 1.82) is 0 Å². The molecule has 0 aromatic rings. The van der Waals surface area contributed by atoms with E-state index < -0.39 is 119 Å². The standard InChI is InChI=1S/C6H8F6.C6H9F5O.C5H7F5O.2C5H9F3O.C4H7F3O.C4H7F3.C4H8F2.C4H9FO/c1-3(5(7,8)9)4(2)6(10,11)12;1-4(12-3,5(2,7)8)6(9,10)11;1-3(11,4(2,6)7)5(8,9)10;1-4(6,7)5(2,8)9-3;1-3-4(2,9)5(6,7)8;1-3(5,6)4(2,7)8;1-3(5)4(2,6)7;2*1-3-4(2,5)6/h3-4H,1-2H3;1-3H3;11H,1-2H3;1-3H3;9H,3H2,1-2H3;8H,1-2H3;3H,1-2H3;3H2,1-2H3;6H,3H2,1-2H3. The summed E-state index contributed by atoms with van der Waals surface area (Å²) in [5.74, 6) is -33.8. The van der Waals surface area contributed by atoms with Gasteiger partial charge in [0.25, 0.3) is 29.5 Å². The zero-order valence-corrected chi connectivity index (χ0v) is 46.7. The smallest absolute Gasteiger partial charge is 0.381 e. The Morgan fingerprint density at radius 1 is 0.362 bits per heavy atom. The second-order valence-electron chi connectivity index (χ2n) is 18.2. The van der Waals surface area contributed by atoms with Crippen LogP contribution in [0.15, 0.2) is 0 Å². The fourth-order valence-corrected chi connectivity index (χ4v) is 1.74. The zero-order valence-electron chi connectivity index (χ0n) is 46.7. The molecule has 0 spiro atoms. The first-order chi connectivity index (χ1) is 33.6. The number of hydrogen-bond donors (Lipinski definition) is 4. The predicted octanol–water partition coefficient (Wildman–Crippen LogP) is 18.1. The van der Waals surface area contributed by atoms with Crippen LogP contribution in [0.2, 0.25) is 0 Å². The highest BCUT2D eigenvalue weighted by Crippen LogP contribution is 2.45. The highest BCUT2D eigenvalue weighted by Gasteiger charge is 2.65. The number of halogens is 31. The topological polar surface area (TPSA) is 99.4 Å². The number of alkyl halides is 31. The van der Waals surface area contributed by atoms with E-state index in [0.717, 1.165) is 34.8 Å². The van der Waals surface area contributed by atoms with Gasteiger partial charge in [0.2, 0.25) is 23.0 Å². The van der Waals surface area contributed by atoms with Crippen molar-refractivity contribution >= 4 is 0 Å². The third-order valence-corrected chi connectivity index (χ3v) is 10.2. The fraction of sp³-hybridized carbons (Fsp3) is 1.00. The van der Waals surface area contributed by atoms with E-state index in [4.69, 9.17) is 20.4 Å². The molecule has 0 fully saturated rings. The summed E-state index contributed by atoms with van der Waals surface area (Å²) < 4.78 is 373. The summed E-state index contributed by atoms with van der Waals surface area (Å²) in [7, 11) is 1.50. The average molecular weight is 1270 g/mol. The maximum absolute atomic E-state index is 12.4. The molecule has 6 nitrogen and oxygen atoms in total. The molecule has 9 atom stereocenters. The SMILES string of the molecule is CC(C(C)C(F)(F)F)C(F)(F)F.CC(F)(F)C(C)(O)C(F)(F)F.CC(F)C(C)(F)F.CC(O)(F)C(C)(F)F.CCC(C)(F)F.CCC(C)(O)C(F)(F)F.CCC(C)(O)F.COC(C)(C(C)(F)F)C(F)(F)F.COC(C)(F)C(C)(F)F. The van der Waals surface area contributed by atoms with Gasteiger partial charge in [0.15, 0.2) is 11.8 Å². The van der Waals surface area contributed by atoms with Gasteiger partial charge in [-0.25, -0.2) is 70.2 Å². The molecule has 0 aliphatic rings. The molecule has 0 aromatic carbocycles. The normalized spacial score (nSPS) is 18.6. The van der Waals surface area contributed by atoms with Crippen LogP contribution in [0.25, 0.3) is 0 Å². The average Bonchev–Trinajstić information content (AvgIpc) is 3.17. The van der Waals surface area contributed by atoms with Gasteiger partial charge >= 0.3 is 42.7 Å². The largest absolute Gasteiger partial charge is 0.423 e. The molecule has 0 amide bonds. The Morgan fingerprint density at radius 2 is 0.600 bits per heavy atom. The molecule has 37 heteroatoms. The van der Waals surface area contributed by atoms with E-state index >= 15 is 0 Å². The maximum atomic E-state index is 12.4. The lowest BCUT2D eigenvalue weighted by Crippen LogP contribution is -2.56. The third kappa shape index (κ3) is 44.2. The molecule has 0 aliphatic carbocycles. The Balaban J connectivity index is -0.000000102. The number of methoxy groups -OCH3 is 2.